The summed E-state index contributed by atoms with van der Waals surface area (Å²) in [7, 11) is -1.76. The molecule has 0 aromatic heterocycles. The second-order valence-corrected chi connectivity index (χ2v) is 19.5. The lowest BCUT2D eigenvalue weighted by Gasteiger charge is -2.56. The van der Waals surface area contributed by atoms with Crippen molar-refractivity contribution in [3.8, 4) is 0 Å². The summed E-state index contributed by atoms with van der Waals surface area (Å²) in [6.07, 6.45) is 13.2. The van der Waals surface area contributed by atoms with Gasteiger partial charge in [0.25, 0.3) is 0 Å². The van der Waals surface area contributed by atoms with E-state index >= 15 is 0 Å². The van der Waals surface area contributed by atoms with Crippen LogP contribution < -0.4 is 5.32 Å². The van der Waals surface area contributed by atoms with Crippen molar-refractivity contribution in [2.45, 2.75) is 116 Å². The van der Waals surface area contributed by atoms with E-state index in [-0.39, 0.29) is 15.9 Å². The molecular weight excluding hydrogens is 470 g/mol. The molecule has 0 heterocycles. The molecule has 6 unspecified atom stereocenters. The summed E-state index contributed by atoms with van der Waals surface area (Å²) in [4.78, 5) is 0. The van der Waals surface area contributed by atoms with Gasteiger partial charge in [0.1, 0.15) is 0 Å². The summed E-state index contributed by atoms with van der Waals surface area (Å²) in [6, 6.07) is 10.6. The van der Waals surface area contributed by atoms with Gasteiger partial charge < -0.3 is 14.8 Å². The highest BCUT2D eigenvalue weighted by atomic mass is 28.4. The van der Waals surface area contributed by atoms with Gasteiger partial charge in [-0.05, 0) is 85.9 Å². The van der Waals surface area contributed by atoms with Crippen LogP contribution in [-0.4, -0.2) is 31.7 Å². The van der Waals surface area contributed by atoms with Gasteiger partial charge in [0.15, 0.2) is 8.32 Å². The average molecular weight is 522 g/mol. The summed E-state index contributed by atoms with van der Waals surface area (Å²) in [5.41, 5.74) is 4.11. The third-order valence-corrected chi connectivity index (χ3v) is 16.2. The topological polar surface area (TPSA) is 41.5 Å². The molecule has 0 aliphatic heterocycles. The van der Waals surface area contributed by atoms with Crippen molar-refractivity contribution in [2.75, 3.05) is 6.54 Å². The molecule has 1 aromatic rings. The van der Waals surface area contributed by atoms with E-state index in [4.69, 9.17) is 4.43 Å². The van der Waals surface area contributed by atoms with Crippen LogP contribution in [0.4, 0.5) is 0 Å². The van der Waals surface area contributed by atoms with E-state index in [9.17, 15) is 5.11 Å². The van der Waals surface area contributed by atoms with Crippen molar-refractivity contribution < 1.29 is 9.53 Å². The Morgan fingerprint density at radius 2 is 1.68 bits per heavy atom. The van der Waals surface area contributed by atoms with Crippen LogP contribution >= 0.6 is 0 Å². The first-order chi connectivity index (χ1) is 17.3. The predicted octanol–water partition coefficient (Wildman–Crippen LogP) is 7.78. The maximum absolute atomic E-state index is 12.0. The molecule has 3 saturated carbocycles. The van der Waals surface area contributed by atoms with Crippen molar-refractivity contribution >= 4 is 8.32 Å². The fraction of sp³-hybridized carbons (Fsp3) is 0.697. The van der Waals surface area contributed by atoms with Gasteiger partial charge in [-0.15, -0.1) is 0 Å². The van der Waals surface area contributed by atoms with Crippen molar-refractivity contribution in [3.63, 3.8) is 0 Å². The van der Waals surface area contributed by atoms with Crippen LogP contribution in [0.15, 0.2) is 53.6 Å². The second-order valence-electron chi connectivity index (χ2n) is 14.7. The molecule has 1 aromatic carbocycles. The van der Waals surface area contributed by atoms with Gasteiger partial charge in [-0.25, -0.2) is 0 Å². The van der Waals surface area contributed by atoms with E-state index < -0.39 is 13.9 Å². The maximum atomic E-state index is 12.0. The highest BCUT2D eigenvalue weighted by Gasteiger charge is 2.61. The number of aliphatic hydroxyl groups is 1. The molecule has 4 heteroatoms. The smallest absolute Gasteiger partial charge is 0.192 e. The van der Waals surface area contributed by atoms with E-state index in [0.717, 1.165) is 32.2 Å². The quantitative estimate of drug-likeness (QED) is 0.376. The molecule has 0 saturated heterocycles. The third kappa shape index (κ3) is 4.64. The Hall–Kier alpha value is -1.20. The van der Waals surface area contributed by atoms with Crippen molar-refractivity contribution in [1.29, 1.82) is 0 Å². The van der Waals surface area contributed by atoms with Crippen LogP contribution in [0.5, 0.6) is 0 Å². The lowest BCUT2D eigenvalue weighted by Crippen LogP contribution is -2.55. The van der Waals surface area contributed by atoms with Gasteiger partial charge in [-0.3, -0.25) is 0 Å². The van der Waals surface area contributed by atoms with E-state index in [1.54, 1.807) is 11.1 Å². The Morgan fingerprint density at radius 3 is 2.38 bits per heavy atom. The first-order valence-corrected chi connectivity index (χ1v) is 17.8. The van der Waals surface area contributed by atoms with Crippen LogP contribution in [0.3, 0.4) is 0 Å². The molecule has 0 radical (unpaired) electrons. The number of allylic oxidation sites excluding steroid dienone is 3. The van der Waals surface area contributed by atoms with Crippen LogP contribution in [0.25, 0.3) is 0 Å². The summed E-state index contributed by atoms with van der Waals surface area (Å²) < 4.78 is 6.89. The summed E-state index contributed by atoms with van der Waals surface area (Å²) in [5, 5.41) is 15.9. The minimum atomic E-state index is -1.76. The molecule has 37 heavy (non-hydrogen) atoms. The van der Waals surface area contributed by atoms with Crippen molar-refractivity contribution in [2.24, 2.45) is 22.7 Å². The zero-order valence-electron chi connectivity index (χ0n) is 24.5. The lowest BCUT2D eigenvalue weighted by atomic mass is 9.50. The SMILES string of the molecule is CC12CCC(O[Si](C)(C)C(C)(C)C)CC1=CC=C1C2CCC2(C)C1CCC2(O)CNCc1ccccc1. The van der Waals surface area contributed by atoms with Gasteiger partial charge in [-0.2, -0.15) is 0 Å². The van der Waals surface area contributed by atoms with Crippen LogP contribution in [0.1, 0.15) is 85.1 Å². The Balaban J connectivity index is 1.31. The van der Waals surface area contributed by atoms with Gasteiger partial charge in [0, 0.05) is 24.6 Å². The first-order valence-electron chi connectivity index (χ1n) is 14.9. The molecule has 0 bridgehead atoms. The fourth-order valence-electron chi connectivity index (χ4n) is 8.07. The molecular formula is C33H51NO2Si. The van der Waals surface area contributed by atoms with Gasteiger partial charge in [0.05, 0.1) is 5.60 Å². The molecule has 204 valence electrons. The molecule has 3 nitrogen and oxygen atoms in total. The monoisotopic (exact) mass is 521 g/mol. The Bertz CT molecular complexity index is 1060. The predicted molar refractivity (Wildman–Crippen MR) is 157 cm³/mol. The fourth-order valence-corrected chi connectivity index (χ4v) is 9.46. The minimum absolute atomic E-state index is 0.0522. The normalized spacial score (nSPS) is 37.8. The van der Waals surface area contributed by atoms with Crippen LogP contribution in [0.2, 0.25) is 18.1 Å². The molecule has 0 spiro atoms. The first kappa shape index (κ1) is 27.4. The summed E-state index contributed by atoms with van der Waals surface area (Å²) >= 11 is 0. The zero-order valence-corrected chi connectivity index (χ0v) is 25.5. The lowest BCUT2D eigenvalue weighted by molar-refractivity contribution is -0.0831. The highest BCUT2D eigenvalue weighted by Crippen LogP contribution is 2.66. The molecule has 6 atom stereocenters. The highest BCUT2D eigenvalue weighted by molar-refractivity contribution is 6.74. The Labute approximate surface area is 227 Å². The number of hydrogen-bond donors (Lipinski definition) is 2. The van der Waals surface area contributed by atoms with E-state index in [1.807, 2.05) is 0 Å². The zero-order chi connectivity index (χ0) is 26.7. The van der Waals surface area contributed by atoms with Gasteiger partial charge in [0.2, 0.25) is 0 Å². The van der Waals surface area contributed by atoms with Gasteiger partial charge in [-0.1, -0.05) is 88.2 Å². The third-order valence-electron chi connectivity index (χ3n) is 11.7. The maximum Gasteiger partial charge on any atom is 0.192 e. The van der Waals surface area contributed by atoms with Crippen LogP contribution in [-0.2, 0) is 11.0 Å². The average Bonchev–Trinajstić information content (AvgIpc) is 3.10. The standard InChI is InChI=1S/C33H51NO2Si/c1-30(2,3)37(6,7)36-26-15-18-31(4)25(21-26)13-14-27-28(31)16-19-32(5)29(27)17-20-33(32,35)23-34-22-24-11-9-8-10-12-24/h8-14,26,28-29,34-35H,15-23H2,1-7H3. The summed E-state index contributed by atoms with van der Waals surface area (Å²) in [5.74, 6) is 1.12. The number of nitrogens with one attached hydrogen (secondary N) is 1. The molecule has 4 aliphatic carbocycles. The molecule has 0 amide bonds. The molecule has 2 N–H and O–H groups in total. The number of hydrogen-bond acceptors (Lipinski definition) is 3. The minimum Gasteiger partial charge on any atom is -0.414 e. The largest absolute Gasteiger partial charge is 0.414 e. The Morgan fingerprint density at radius 1 is 0.973 bits per heavy atom. The van der Waals surface area contributed by atoms with E-state index in [2.05, 4.69) is 95.5 Å². The van der Waals surface area contributed by atoms with Gasteiger partial charge >= 0.3 is 0 Å². The molecule has 5 rings (SSSR count). The Kier molecular flexibility index (Phi) is 7.00. The van der Waals surface area contributed by atoms with E-state index in [0.29, 0.717) is 24.5 Å². The van der Waals surface area contributed by atoms with E-state index in [1.165, 1.54) is 24.8 Å². The number of rotatable bonds is 6. The summed E-state index contributed by atoms with van der Waals surface area (Å²) in [6.45, 7) is 18.3. The van der Waals surface area contributed by atoms with Crippen molar-refractivity contribution in [1.82, 2.24) is 5.32 Å². The van der Waals surface area contributed by atoms with Crippen molar-refractivity contribution in [3.05, 3.63) is 59.2 Å². The second kappa shape index (κ2) is 9.47. The van der Waals surface area contributed by atoms with Crippen LogP contribution in [0, 0.1) is 22.7 Å². The number of fused-ring (bicyclic) bond motifs is 5. The molecule has 4 aliphatic rings. The molecule has 3 fully saturated rings. The number of benzene rings is 1.